The van der Waals surface area contributed by atoms with Crippen LogP contribution >= 0.6 is 0 Å². The fraction of sp³-hybridized carbons (Fsp3) is 0.333. The molecule has 0 aromatic carbocycles. The average Bonchev–Trinajstić information content (AvgIpc) is 2.08. The third kappa shape index (κ3) is 1.81. The van der Waals surface area contributed by atoms with Gasteiger partial charge in [0, 0.05) is 6.20 Å². The van der Waals surface area contributed by atoms with E-state index in [9.17, 15) is 0 Å². The Hall–Kier alpha value is -1.38. The van der Waals surface area contributed by atoms with Crippen LogP contribution < -0.4 is 5.73 Å². The summed E-state index contributed by atoms with van der Waals surface area (Å²) in [4.78, 5) is 8.55. The Labute approximate surface area is 72.3 Å². The largest absolute Gasteiger partial charge is 0.405 e. The molecular formula is C9H13N3. The van der Waals surface area contributed by atoms with E-state index in [1.807, 2.05) is 6.92 Å². The van der Waals surface area contributed by atoms with Gasteiger partial charge in [-0.25, -0.2) is 0 Å². The summed E-state index contributed by atoms with van der Waals surface area (Å²) in [6.45, 7) is 3.99. The van der Waals surface area contributed by atoms with Crippen LogP contribution in [0.1, 0.15) is 24.0 Å². The second-order valence-corrected chi connectivity index (χ2v) is 2.56. The molecule has 0 bridgehead atoms. The summed E-state index contributed by atoms with van der Waals surface area (Å²) >= 11 is 0. The summed E-state index contributed by atoms with van der Waals surface area (Å²) in [5.74, 6) is 0. The zero-order valence-electron chi connectivity index (χ0n) is 7.41. The van der Waals surface area contributed by atoms with Gasteiger partial charge in [-0.15, -0.1) is 0 Å². The molecule has 0 aliphatic heterocycles. The highest BCUT2D eigenvalue weighted by Gasteiger charge is 1.99. The molecule has 0 amide bonds. The molecule has 12 heavy (non-hydrogen) atoms. The molecule has 0 atom stereocenters. The average molecular weight is 163 g/mol. The molecule has 0 fully saturated rings. The summed E-state index contributed by atoms with van der Waals surface area (Å²) in [5, 5.41) is 0. The number of aryl methyl sites for hydroxylation is 2. The van der Waals surface area contributed by atoms with Gasteiger partial charge in [0.1, 0.15) is 0 Å². The first kappa shape index (κ1) is 8.71. The molecule has 3 nitrogen and oxygen atoms in total. The molecular weight excluding hydrogens is 150 g/mol. The molecule has 0 aliphatic rings. The molecule has 0 spiro atoms. The minimum absolute atomic E-state index is 0.866. The van der Waals surface area contributed by atoms with Crippen LogP contribution in [-0.4, -0.2) is 9.97 Å². The van der Waals surface area contributed by atoms with Crippen molar-refractivity contribution in [3.8, 4) is 0 Å². The van der Waals surface area contributed by atoms with Gasteiger partial charge in [-0.2, -0.15) is 0 Å². The molecule has 1 rings (SSSR count). The molecule has 3 heteroatoms. The van der Waals surface area contributed by atoms with Gasteiger partial charge >= 0.3 is 0 Å². The minimum Gasteiger partial charge on any atom is -0.405 e. The van der Waals surface area contributed by atoms with E-state index >= 15 is 0 Å². The van der Waals surface area contributed by atoms with Crippen LogP contribution in [0.4, 0.5) is 0 Å². The van der Waals surface area contributed by atoms with Gasteiger partial charge in [0.05, 0.1) is 17.1 Å². The Kier molecular flexibility index (Phi) is 2.80. The summed E-state index contributed by atoms with van der Waals surface area (Å²) in [7, 11) is 0. The number of nitrogens with two attached hydrogens (primary N) is 1. The van der Waals surface area contributed by atoms with Crippen molar-refractivity contribution >= 4 is 6.08 Å². The lowest BCUT2D eigenvalue weighted by Gasteiger charge is -2.01. The summed E-state index contributed by atoms with van der Waals surface area (Å²) < 4.78 is 0. The zero-order chi connectivity index (χ0) is 8.97. The molecule has 1 aromatic heterocycles. The van der Waals surface area contributed by atoms with Crippen molar-refractivity contribution in [2.75, 3.05) is 0 Å². The predicted molar refractivity (Wildman–Crippen MR) is 49.4 cm³/mol. The van der Waals surface area contributed by atoms with Gasteiger partial charge in [-0.3, -0.25) is 9.97 Å². The lowest BCUT2D eigenvalue weighted by Crippen LogP contribution is -1.97. The maximum absolute atomic E-state index is 5.27. The van der Waals surface area contributed by atoms with Crippen LogP contribution in [0.5, 0.6) is 0 Å². The van der Waals surface area contributed by atoms with E-state index in [1.165, 1.54) is 6.20 Å². The molecule has 1 aromatic rings. The smallest absolute Gasteiger partial charge is 0.0859 e. The minimum atomic E-state index is 0.866. The fourth-order valence-electron chi connectivity index (χ4n) is 1.03. The monoisotopic (exact) mass is 163 g/mol. The zero-order valence-corrected chi connectivity index (χ0v) is 7.41. The second kappa shape index (κ2) is 3.85. The molecule has 2 N–H and O–H groups in total. The Morgan fingerprint density at radius 3 is 2.92 bits per heavy atom. The van der Waals surface area contributed by atoms with Crippen LogP contribution in [0.25, 0.3) is 6.08 Å². The lowest BCUT2D eigenvalue weighted by molar-refractivity contribution is 0.957. The summed E-state index contributed by atoms with van der Waals surface area (Å²) in [5.41, 5.74) is 8.08. The first-order valence-electron chi connectivity index (χ1n) is 3.98. The first-order chi connectivity index (χ1) is 5.77. The van der Waals surface area contributed by atoms with E-state index in [0.29, 0.717) is 0 Å². The van der Waals surface area contributed by atoms with Crippen molar-refractivity contribution < 1.29 is 0 Å². The van der Waals surface area contributed by atoms with Crippen molar-refractivity contribution in [3.05, 3.63) is 29.5 Å². The molecule has 64 valence electrons. The van der Waals surface area contributed by atoms with Gasteiger partial charge in [-0.05, 0) is 25.6 Å². The third-order valence-corrected chi connectivity index (χ3v) is 1.59. The summed E-state index contributed by atoms with van der Waals surface area (Å²) in [6, 6.07) is 0. The van der Waals surface area contributed by atoms with Gasteiger partial charge < -0.3 is 5.73 Å². The van der Waals surface area contributed by atoms with Crippen molar-refractivity contribution in [2.24, 2.45) is 5.73 Å². The molecule has 0 unspecified atom stereocenters. The molecule has 1 heterocycles. The van der Waals surface area contributed by atoms with E-state index in [0.717, 1.165) is 23.5 Å². The maximum Gasteiger partial charge on any atom is 0.0859 e. The van der Waals surface area contributed by atoms with Crippen LogP contribution in [-0.2, 0) is 6.42 Å². The highest BCUT2D eigenvalue weighted by Crippen LogP contribution is 2.05. The van der Waals surface area contributed by atoms with Gasteiger partial charge in [0.25, 0.3) is 0 Å². The topological polar surface area (TPSA) is 51.8 Å². The number of hydrogen-bond donors (Lipinski definition) is 1. The number of rotatable bonds is 2. The third-order valence-electron chi connectivity index (χ3n) is 1.59. The Morgan fingerprint density at radius 1 is 1.58 bits per heavy atom. The molecule has 0 aliphatic carbocycles. The van der Waals surface area contributed by atoms with Crippen molar-refractivity contribution in [2.45, 2.75) is 20.3 Å². The van der Waals surface area contributed by atoms with Gasteiger partial charge in [0.2, 0.25) is 0 Å². The van der Waals surface area contributed by atoms with E-state index in [4.69, 9.17) is 5.73 Å². The van der Waals surface area contributed by atoms with Crippen LogP contribution in [0.15, 0.2) is 12.4 Å². The maximum atomic E-state index is 5.27. The van der Waals surface area contributed by atoms with E-state index < -0.39 is 0 Å². The molecule has 0 saturated carbocycles. The van der Waals surface area contributed by atoms with Gasteiger partial charge in [-0.1, -0.05) is 6.92 Å². The highest BCUT2D eigenvalue weighted by atomic mass is 14.8. The predicted octanol–water partition coefficient (Wildman–Crippen LogP) is 1.28. The second-order valence-electron chi connectivity index (χ2n) is 2.56. The Morgan fingerprint density at radius 2 is 2.33 bits per heavy atom. The normalized spacial score (nSPS) is 10.8. The number of hydrogen-bond acceptors (Lipinski definition) is 3. The molecule has 0 saturated heterocycles. The van der Waals surface area contributed by atoms with E-state index in [2.05, 4.69) is 16.9 Å². The van der Waals surface area contributed by atoms with E-state index in [1.54, 1.807) is 12.3 Å². The highest BCUT2D eigenvalue weighted by molar-refractivity contribution is 5.46. The summed E-state index contributed by atoms with van der Waals surface area (Å²) in [6.07, 6.45) is 5.88. The Balaban J connectivity index is 3.10. The SMILES string of the molecule is CCc1nc(C)cnc1/C=C/N. The Bertz CT molecular complexity index is 292. The molecule has 0 radical (unpaired) electrons. The standard InChI is InChI=1S/C9H13N3/c1-3-8-9(4-5-10)11-6-7(2)12-8/h4-6H,3,10H2,1-2H3/b5-4+. The quantitative estimate of drug-likeness (QED) is 0.714. The first-order valence-corrected chi connectivity index (χ1v) is 3.98. The number of nitrogens with zero attached hydrogens (tertiary/aromatic N) is 2. The van der Waals surface area contributed by atoms with Gasteiger partial charge in [0.15, 0.2) is 0 Å². The van der Waals surface area contributed by atoms with Crippen molar-refractivity contribution in [1.82, 2.24) is 9.97 Å². The van der Waals surface area contributed by atoms with E-state index in [-0.39, 0.29) is 0 Å². The number of aromatic nitrogens is 2. The van der Waals surface area contributed by atoms with Crippen LogP contribution in [0.2, 0.25) is 0 Å². The lowest BCUT2D eigenvalue weighted by atomic mass is 10.2. The van der Waals surface area contributed by atoms with Crippen LogP contribution in [0.3, 0.4) is 0 Å². The van der Waals surface area contributed by atoms with Crippen molar-refractivity contribution in [1.29, 1.82) is 0 Å². The van der Waals surface area contributed by atoms with Crippen molar-refractivity contribution in [3.63, 3.8) is 0 Å². The van der Waals surface area contributed by atoms with Crippen LogP contribution in [0, 0.1) is 6.92 Å². The fourth-order valence-corrected chi connectivity index (χ4v) is 1.03.